The lowest BCUT2D eigenvalue weighted by Gasteiger charge is -2.15. The molecule has 0 aromatic carbocycles. The third-order valence-electron chi connectivity index (χ3n) is 2.20. The van der Waals surface area contributed by atoms with Crippen LogP contribution in [0.2, 0.25) is 0 Å². The van der Waals surface area contributed by atoms with Gasteiger partial charge in [0.25, 0.3) is 0 Å². The van der Waals surface area contributed by atoms with Crippen LogP contribution in [0.15, 0.2) is 24.3 Å². The summed E-state index contributed by atoms with van der Waals surface area (Å²) in [6.45, 7) is 6.45. The molecular formula is C12H16O4. The van der Waals surface area contributed by atoms with Crippen molar-refractivity contribution < 1.29 is 19.1 Å². The highest BCUT2D eigenvalue weighted by Crippen LogP contribution is 2.14. The van der Waals surface area contributed by atoms with Crippen LogP contribution in [0.3, 0.4) is 0 Å². The van der Waals surface area contributed by atoms with E-state index in [1.165, 1.54) is 13.8 Å². The summed E-state index contributed by atoms with van der Waals surface area (Å²) in [7, 11) is 0. The third kappa shape index (κ3) is 3.53. The molecule has 0 N–H and O–H groups in total. The van der Waals surface area contributed by atoms with E-state index >= 15 is 0 Å². The molecule has 88 valence electrons. The summed E-state index contributed by atoms with van der Waals surface area (Å²) in [5.41, 5.74) is 0.264. The molecule has 0 saturated carbocycles. The molecule has 0 aliphatic heterocycles. The molecule has 0 fully saturated rings. The van der Waals surface area contributed by atoms with E-state index in [2.05, 4.69) is 6.58 Å². The topological polar surface area (TPSA) is 52.6 Å². The standard InChI is InChI=1S/C12H16O4/c1-8(2)11(13)15-9(3)12(14)16-10-6-4-5-7-10/h4,6,9-10H,1,5,7H2,2-3H3. The molecule has 0 heterocycles. The third-order valence-corrected chi connectivity index (χ3v) is 2.20. The fraction of sp³-hybridized carbons (Fsp3) is 0.500. The quantitative estimate of drug-likeness (QED) is 0.415. The summed E-state index contributed by atoms with van der Waals surface area (Å²) >= 11 is 0. The molecule has 1 aliphatic rings. The Balaban J connectivity index is 2.38. The van der Waals surface area contributed by atoms with Crippen molar-refractivity contribution in [3.8, 4) is 0 Å². The highest BCUT2D eigenvalue weighted by atomic mass is 16.6. The molecule has 2 unspecified atom stereocenters. The molecule has 0 saturated heterocycles. The number of ether oxygens (including phenoxy) is 2. The van der Waals surface area contributed by atoms with Crippen LogP contribution < -0.4 is 0 Å². The second kappa shape index (κ2) is 5.49. The number of hydrogen-bond donors (Lipinski definition) is 0. The van der Waals surface area contributed by atoms with Crippen LogP contribution in [0.25, 0.3) is 0 Å². The van der Waals surface area contributed by atoms with E-state index in [-0.39, 0.29) is 11.7 Å². The van der Waals surface area contributed by atoms with Crippen molar-refractivity contribution in [2.24, 2.45) is 0 Å². The number of carbonyl (C=O) groups is 2. The molecule has 4 heteroatoms. The molecule has 2 atom stereocenters. The van der Waals surface area contributed by atoms with Gasteiger partial charge in [0.1, 0.15) is 6.10 Å². The molecule has 1 aliphatic carbocycles. The molecule has 0 aromatic heterocycles. The molecule has 0 spiro atoms. The Labute approximate surface area is 94.9 Å². The largest absolute Gasteiger partial charge is 0.455 e. The number of rotatable bonds is 4. The summed E-state index contributed by atoms with van der Waals surface area (Å²) in [6.07, 6.45) is 4.44. The van der Waals surface area contributed by atoms with E-state index in [4.69, 9.17) is 9.47 Å². The van der Waals surface area contributed by atoms with Gasteiger partial charge < -0.3 is 9.47 Å². The van der Waals surface area contributed by atoms with Gasteiger partial charge in [-0.05, 0) is 32.8 Å². The van der Waals surface area contributed by atoms with Crippen molar-refractivity contribution >= 4 is 11.9 Å². The maximum atomic E-state index is 11.5. The van der Waals surface area contributed by atoms with Crippen LogP contribution in [0.1, 0.15) is 26.7 Å². The summed E-state index contributed by atoms with van der Waals surface area (Å²) in [5, 5.41) is 0. The van der Waals surface area contributed by atoms with Crippen LogP contribution in [-0.4, -0.2) is 24.1 Å². The first-order valence-electron chi connectivity index (χ1n) is 5.24. The van der Waals surface area contributed by atoms with Gasteiger partial charge in [-0.2, -0.15) is 0 Å². The Morgan fingerprint density at radius 3 is 2.69 bits per heavy atom. The minimum atomic E-state index is -0.891. The van der Waals surface area contributed by atoms with Crippen LogP contribution >= 0.6 is 0 Å². The monoisotopic (exact) mass is 224 g/mol. The first kappa shape index (κ1) is 12.5. The van der Waals surface area contributed by atoms with Gasteiger partial charge in [-0.3, -0.25) is 0 Å². The van der Waals surface area contributed by atoms with E-state index in [1.54, 1.807) is 0 Å². The van der Waals surface area contributed by atoms with Crippen LogP contribution in [0.4, 0.5) is 0 Å². The molecule has 0 aromatic rings. The molecular weight excluding hydrogens is 208 g/mol. The lowest BCUT2D eigenvalue weighted by atomic mass is 10.3. The van der Waals surface area contributed by atoms with Crippen molar-refractivity contribution in [3.05, 3.63) is 24.3 Å². The predicted molar refractivity (Wildman–Crippen MR) is 58.6 cm³/mol. The Morgan fingerprint density at radius 2 is 2.19 bits per heavy atom. The van der Waals surface area contributed by atoms with Gasteiger partial charge in [-0.15, -0.1) is 0 Å². The van der Waals surface area contributed by atoms with Gasteiger partial charge in [-0.25, -0.2) is 9.59 Å². The maximum Gasteiger partial charge on any atom is 0.347 e. The van der Waals surface area contributed by atoms with Crippen molar-refractivity contribution in [3.63, 3.8) is 0 Å². The Kier molecular flexibility index (Phi) is 4.28. The average molecular weight is 224 g/mol. The Hall–Kier alpha value is -1.58. The van der Waals surface area contributed by atoms with E-state index in [9.17, 15) is 9.59 Å². The number of carbonyl (C=O) groups excluding carboxylic acids is 2. The highest BCUT2D eigenvalue weighted by molar-refractivity contribution is 5.89. The van der Waals surface area contributed by atoms with Gasteiger partial charge in [-0.1, -0.05) is 12.7 Å². The first-order valence-corrected chi connectivity index (χ1v) is 5.24. The zero-order valence-electron chi connectivity index (χ0n) is 9.56. The maximum absolute atomic E-state index is 11.5. The number of allylic oxidation sites excluding steroid dienone is 1. The highest BCUT2D eigenvalue weighted by Gasteiger charge is 2.23. The minimum Gasteiger partial charge on any atom is -0.455 e. The Morgan fingerprint density at radius 1 is 1.50 bits per heavy atom. The SMILES string of the molecule is C=C(C)C(=O)OC(C)C(=O)OC1C=CCC1. The molecule has 4 nitrogen and oxygen atoms in total. The molecule has 1 rings (SSSR count). The van der Waals surface area contributed by atoms with Crippen molar-refractivity contribution in [2.45, 2.75) is 38.9 Å². The zero-order chi connectivity index (χ0) is 12.1. The molecule has 0 radical (unpaired) electrons. The summed E-state index contributed by atoms with van der Waals surface area (Å²) < 4.78 is 9.97. The number of hydrogen-bond acceptors (Lipinski definition) is 4. The van der Waals surface area contributed by atoms with Crippen LogP contribution in [-0.2, 0) is 19.1 Å². The van der Waals surface area contributed by atoms with E-state index in [1.807, 2.05) is 12.2 Å². The summed E-state index contributed by atoms with van der Waals surface area (Å²) in [5.74, 6) is -1.10. The van der Waals surface area contributed by atoms with Crippen molar-refractivity contribution in [1.29, 1.82) is 0 Å². The summed E-state index contributed by atoms with van der Waals surface area (Å²) in [4.78, 5) is 22.6. The van der Waals surface area contributed by atoms with Gasteiger partial charge in [0.2, 0.25) is 0 Å². The predicted octanol–water partition coefficient (Wildman–Crippen LogP) is 1.76. The first-order chi connectivity index (χ1) is 7.50. The van der Waals surface area contributed by atoms with Crippen molar-refractivity contribution in [2.75, 3.05) is 0 Å². The van der Waals surface area contributed by atoms with Crippen molar-refractivity contribution in [1.82, 2.24) is 0 Å². The fourth-order valence-electron chi connectivity index (χ4n) is 1.26. The van der Waals surface area contributed by atoms with Crippen LogP contribution in [0, 0.1) is 0 Å². The molecule has 16 heavy (non-hydrogen) atoms. The van der Waals surface area contributed by atoms with Gasteiger partial charge in [0, 0.05) is 5.57 Å². The molecule has 0 amide bonds. The smallest absolute Gasteiger partial charge is 0.347 e. The second-order valence-corrected chi connectivity index (χ2v) is 3.81. The number of esters is 2. The lowest BCUT2D eigenvalue weighted by Crippen LogP contribution is -2.29. The van der Waals surface area contributed by atoms with Gasteiger partial charge in [0.15, 0.2) is 6.10 Å². The summed E-state index contributed by atoms with van der Waals surface area (Å²) in [6, 6.07) is 0. The fourth-order valence-corrected chi connectivity index (χ4v) is 1.26. The Bertz CT molecular complexity index is 330. The lowest BCUT2D eigenvalue weighted by molar-refractivity contribution is -0.166. The molecule has 0 bridgehead atoms. The zero-order valence-corrected chi connectivity index (χ0v) is 9.56. The average Bonchev–Trinajstić information content (AvgIpc) is 2.69. The van der Waals surface area contributed by atoms with Crippen LogP contribution in [0.5, 0.6) is 0 Å². The van der Waals surface area contributed by atoms with Gasteiger partial charge >= 0.3 is 11.9 Å². The van der Waals surface area contributed by atoms with E-state index in [0.29, 0.717) is 0 Å². The van der Waals surface area contributed by atoms with Gasteiger partial charge in [0.05, 0.1) is 0 Å². The second-order valence-electron chi connectivity index (χ2n) is 3.81. The normalized spacial score (nSPS) is 20.2. The van der Waals surface area contributed by atoms with E-state index < -0.39 is 18.0 Å². The van der Waals surface area contributed by atoms with E-state index in [0.717, 1.165) is 12.8 Å². The minimum absolute atomic E-state index is 0.182.